The molecule has 2 aliphatic rings. The van der Waals surface area contributed by atoms with Crippen LogP contribution in [0.1, 0.15) is 0 Å². The SMILES string of the molecule is O=c1cc(-c2ccc(O)c(O)c2)oc2cc(O[C@@H]3O[C@H](CO[C@@H]4OC[C@H](O)[C@H](O)[C@H]4O)[C@@H](O)[C@H](O)[C@H]3O)cc(O)c12. The lowest BCUT2D eigenvalue weighted by atomic mass is 9.99. The van der Waals surface area contributed by atoms with Gasteiger partial charge in [0.05, 0.1) is 13.2 Å². The first-order valence-corrected chi connectivity index (χ1v) is 12.4. The Morgan fingerprint density at radius 1 is 0.780 bits per heavy atom. The fourth-order valence-electron chi connectivity index (χ4n) is 4.53. The third-order valence-electron chi connectivity index (χ3n) is 6.84. The summed E-state index contributed by atoms with van der Waals surface area (Å²) in [7, 11) is 0. The number of benzene rings is 2. The van der Waals surface area contributed by atoms with Crippen LogP contribution < -0.4 is 10.2 Å². The van der Waals surface area contributed by atoms with Crippen LogP contribution in [0.15, 0.2) is 45.6 Å². The zero-order valence-corrected chi connectivity index (χ0v) is 21.0. The molecular formula is C26H28O15. The number of hydrogen-bond acceptors (Lipinski definition) is 15. The van der Waals surface area contributed by atoms with Gasteiger partial charge < -0.3 is 69.3 Å². The van der Waals surface area contributed by atoms with Crippen molar-refractivity contribution < 1.29 is 69.3 Å². The first-order chi connectivity index (χ1) is 19.4. The van der Waals surface area contributed by atoms with Gasteiger partial charge in [0.1, 0.15) is 71.0 Å². The standard InChI is InChI=1S/C26H28O15/c27-11-2-1-9(3-12(11)28)16-6-14(30)19-13(29)4-10(5-17(19)40-16)39-26-24(36)22(34)21(33)18(41-26)8-38-25-23(35)20(32)15(31)7-37-25/h1-6,15,18,20-29,31-36H,7-8H2/t15-,18+,20-,21+,22-,23+,24+,25-,26+/m0/s1. The van der Waals surface area contributed by atoms with Crippen LogP contribution in [0.2, 0.25) is 0 Å². The summed E-state index contributed by atoms with van der Waals surface area (Å²) in [6.07, 6.45) is -14.1. The monoisotopic (exact) mass is 580 g/mol. The van der Waals surface area contributed by atoms with Crippen LogP contribution in [0, 0.1) is 0 Å². The summed E-state index contributed by atoms with van der Waals surface area (Å²) in [5, 5.41) is 90.3. The molecule has 0 saturated carbocycles. The minimum absolute atomic E-state index is 0.0104. The van der Waals surface area contributed by atoms with Gasteiger partial charge in [-0.15, -0.1) is 0 Å². The average Bonchev–Trinajstić information content (AvgIpc) is 2.93. The Morgan fingerprint density at radius 2 is 1.51 bits per heavy atom. The lowest BCUT2D eigenvalue weighted by molar-refractivity contribution is -0.307. The molecule has 2 fully saturated rings. The molecule has 3 heterocycles. The molecule has 9 atom stereocenters. The molecule has 0 bridgehead atoms. The van der Waals surface area contributed by atoms with Crippen molar-refractivity contribution in [3.05, 3.63) is 46.6 Å². The van der Waals surface area contributed by atoms with Crippen molar-refractivity contribution in [1.82, 2.24) is 0 Å². The van der Waals surface area contributed by atoms with Gasteiger partial charge in [-0.25, -0.2) is 0 Å². The smallest absolute Gasteiger partial charge is 0.229 e. The van der Waals surface area contributed by atoms with E-state index in [-0.39, 0.29) is 40.4 Å². The van der Waals surface area contributed by atoms with Crippen LogP contribution >= 0.6 is 0 Å². The van der Waals surface area contributed by atoms with Crippen LogP contribution in [0.5, 0.6) is 23.0 Å². The van der Waals surface area contributed by atoms with Crippen LogP contribution in [-0.4, -0.2) is 114 Å². The van der Waals surface area contributed by atoms with Gasteiger partial charge in [0.15, 0.2) is 23.2 Å². The number of aromatic hydroxyl groups is 3. The van der Waals surface area contributed by atoms with Gasteiger partial charge in [0, 0.05) is 23.8 Å². The van der Waals surface area contributed by atoms with Crippen molar-refractivity contribution in [3.8, 4) is 34.3 Å². The van der Waals surface area contributed by atoms with E-state index in [1.165, 1.54) is 24.3 Å². The molecule has 0 radical (unpaired) electrons. The van der Waals surface area contributed by atoms with E-state index >= 15 is 0 Å². The van der Waals surface area contributed by atoms with Gasteiger partial charge in [-0.05, 0) is 18.2 Å². The van der Waals surface area contributed by atoms with Crippen molar-refractivity contribution in [2.24, 2.45) is 0 Å². The maximum Gasteiger partial charge on any atom is 0.229 e. The number of rotatable bonds is 6. The summed E-state index contributed by atoms with van der Waals surface area (Å²) in [5.41, 5.74) is -0.539. The molecule has 2 saturated heterocycles. The van der Waals surface area contributed by atoms with E-state index in [0.29, 0.717) is 0 Å². The molecule has 0 spiro atoms. The van der Waals surface area contributed by atoms with Crippen molar-refractivity contribution in [2.45, 2.75) is 55.3 Å². The van der Waals surface area contributed by atoms with Gasteiger partial charge in [0.2, 0.25) is 6.29 Å². The summed E-state index contributed by atoms with van der Waals surface area (Å²) < 4.78 is 27.4. The summed E-state index contributed by atoms with van der Waals surface area (Å²) in [4.78, 5) is 12.7. The Kier molecular flexibility index (Phi) is 8.06. The molecule has 9 N–H and O–H groups in total. The quantitative estimate of drug-likeness (QED) is 0.146. The van der Waals surface area contributed by atoms with Crippen LogP contribution in [-0.2, 0) is 14.2 Å². The van der Waals surface area contributed by atoms with Crippen molar-refractivity contribution in [2.75, 3.05) is 13.2 Å². The first kappa shape index (κ1) is 29.0. The van der Waals surface area contributed by atoms with E-state index in [1.54, 1.807) is 0 Å². The highest BCUT2D eigenvalue weighted by molar-refractivity contribution is 5.86. The number of phenolic OH excluding ortho intramolecular Hbond substituents is 3. The molecule has 2 aliphatic heterocycles. The van der Waals surface area contributed by atoms with E-state index in [2.05, 4.69) is 0 Å². The maximum absolute atomic E-state index is 12.7. The average molecular weight is 580 g/mol. The Hall–Kier alpha value is -3.51. The number of fused-ring (bicyclic) bond motifs is 1. The minimum atomic E-state index is -1.79. The van der Waals surface area contributed by atoms with E-state index in [1.807, 2.05) is 0 Å². The third-order valence-corrected chi connectivity index (χ3v) is 6.84. The zero-order valence-electron chi connectivity index (χ0n) is 21.0. The lowest BCUT2D eigenvalue weighted by Gasteiger charge is -2.41. The van der Waals surface area contributed by atoms with Gasteiger partial charge >= 0.3 is 0 Å². The summed E-state index contributed by atoms with van der Waals surface area (Å²) in [6.45, 7) is -0.836. The van der Waals surface area contributed by atoms with Gasteiger partial charge in [-0.2, -0.15) is 0 Å². The third kappa shape index (κ3) is 5.67. The van der Waals surface area contributed by atoms with Gasteiger partial charge in [-0.3, -0.25) is 4.79 Å². The first-order valence-electron chi connectivity index (χ1n) is 12.4. The molecule has 2 aromatic carbocycles. The summed E-state index contributed by atoms with van der Waals surface area (Å²) in [5.74, 6) is -1.55. The topological polar surface area (TPSA) is 249 Å². The molecule has 5 rings (SSSR count). The van der Waals surface area contributed by atoms with Gasteiger partial charge in [0.25, 0.3) is 0 Å². The molecule has 15 nitrogen and oxygen atoms in total. The molecule has 3 aromatic rings. The van der Waals surface area contributed by atoms with Gasteiger partial charge in [-0.1, -0.05) is 0 Å². The largest absolute Gasteiger partial charge is 0.507 e. The summed E-state index contributed by atoms with van der Waals surface area (Å²) >= 11 is 0. The number of phenols is 3. The van der Waals surface area contributed by atoms with Crippen molar-refractivity contribution in [1.29, 1.82) is 0 Å². The predicted octanol–water partition coefficient (Wildman–Crippen LogP) is -1.78. The molecule has 222 valence electrons. The van der Waals surface area contributed by atoms with E-state index < -0.39 is 78.8 Å². The fraction of sp³-hybridized carbons (Fsp3) is 0.423. The number of aliphatic hydroxyl groups is 6. The fourth-order valence-corrected chi connectivity index (χ4v) is 4.53. The highest BCUT2D eigenvalue weighted by atomic mass is 16.7. The Bertz CT molecular complexity index is 1460. The number of hydrogen-bond donors (Lipinski definition) is 9. The Labute approximate surface area is 230 Å². The van der Waals surface area contributed by atoms with Crippen LogP contribution in [0.3, 0.4) is 0 Å². The molecule has 15 heteroatoms. The normalized spacial score (nSPS) is 32.2. The second-order valence-corrected chi connectivity index (χ2v) is 9.71. The van der Waals surface area contributed by atoms with Crippen LogP contribution in [0.25, 0.3) is 22.3 Å². The lowest BCUT2D eigenvalue weighted by Crippen LogP contribution is -2.61. The molecule has 0 aliphatic carbocycles. The highest BCUT2D eigenvalue weighted by Gasteiger charge is 2.46. The molecule has 1 aromatic heterocycles. The van der Waals surface area contributed by atoms with E-state index in [9.17, 15) is 50.8 Å². The van der Waals surface area contributed by atoms with Crippen molar-refractivity contribution >= 4 is 11.0 Å². The minimum Gasteiger partial charge on any atom is -0.507 e. The Balaban J connectivity index is 1.36. The number of ether oxygens (including phenoxy) is 4. The number of aliphatic hydroxyl groups excluding tert-OH is 6. The Morgan fingerprint density at radius 3 is 2.24 bits per heavy atom. The summed E-state index contributed by atoms with van der Waals surface area (Å²) in [6, 6.07) is 7.08. The highest BCUT2D eigenvalue weighted by Crippen LogP contribution is 2.35. The molecular weight excluding hydrogens is 552 g/mol. The molecule has 0 amide bonds. The predicted molar refractivity (Wildman–Crippen MR) is 134 cm³/mol. The van der Waals surface area contributed by atoms with E-state index in [0.717, 1.165) is 12.1 Å². The molecule has 41 heavy (non-hydrogen) atoms. The zero-order chi connectivity index (χ0) is 29.6. The van der Waals surface area contributed by atoms with Crippen LogP contribution in [0.4, 0.5) is 0 Å². The molecule has 0 unspecified atom stereocenters. The second-order valence-electron chi connectivity index (χ2n) is 9.71. The van der Waals surface area contributed by atoms with Crippen molar-refractivity contribution in [3.63, 3.8) is 0 Å². The van der Waals surface area contributed by atoms with E-state index in [4.69, 9.17) is 23.4 Å². The second kappa shape index (κ2) is 11.4. The maximum atomic E-state index is 12.7.